The highest BCUT2D eigenvalue weighted by Crippen LogP contribution is 2.27. The average molecular weight is 290 g/mol. The molecule has 2 atom stereocenters. The van der Waals surface area contributed by atoms with Crippen LogP contribution in [0.3, 0.4) is 0 Å². The predicted molar refractivity (Wildman–Crippen MR) is 81.8 cm³/mol. The van der Waals surface area contributed by atoms with Gasteiger partial charge in [0.25, 0.3) is 0 Å². The van der Waals surface area contributed by atoms with Gasteiger partial charge >= 0.3 is 0 Å². The smallest absolute Gasteiger partial charge is 0.151 e. The Hall–Kier alpha value is -1.63. The molecule has 3 heterocycles. The molecule has 1 aliphatic rings. The van der Waals surface area contributed by atoms with Crippen LogP contribution in [0.1, 0.15) is 5.69 Å². The van der Waals surface area contributed by atoms with Crippen LogP contribution in [0.15, 0.2) is 24.4 Å². The molecule has 6 heteroatoms. The van der Waals surface area contributed by atoms with E-state index in [0.29, 0.717) is 6.54 Å². The highest BCUT2D eigenvalue weighted by Gasteiger charge is 2.35. The lowest BCUT2D eigenvalue weighted by atomic mass is 10.3. The van der Waals surface area contributed by atoms with Crippen molar-refractivity contribution in [1.29, 1.82) is 0 Å². The van der Waals surface area contributed by atoms with Crippen molar-refractivity contribution in [2.45, 2.75) is 18.6 Å². The van der Waals surface area contributed by atoms with Crippen LogP contribution in [0.25, 0.3) is 5.65 Å². The SMILES string of the molecule is COC1CN(c2nc3ccccn3c2CCN)CC1OC. The highest BCUT2D eigenvalue weighted by atomic mass is 16.5. The molecule has 3 rings (SSSR count). The van der Waals surface area contributed by atoms with Crippen LogP contribution in [-0.2, 0) is 15.9 Å². The van der Waals surface area contributed by atoms with Crippen LogP contribution >= 0.6 is 0 Å². The first-order valence-corrected chi connectivity index (χ1v) is 7.25. The maximum Gasteiger partial charge on any atom is 0.151 e. The lowest BCUT2D eigenvalue weighted by molar-refractivity contribution is -0.00461. The normalized spacial score (nSPS) is 22.3. The van der Waals surface area contributed by atoms with Crippen molar-refractivity contribution in [2.24, 2.45) is 5.73 Å². The molecule has 0 amide bonds. The molecule has 1 saturated heterocycles. The van der Waals surface area contributed by atoms with Crippen molar-refractivity contribution < 1.29 is 9.47 Å². The third-order valence-corrected chi connectivity index (χ3v) is 4.11. The van der Waals surface area contributed by atoms with Gasteiger partial charge in [0.15, 0.2) is 5.82 Å². The zero-order chi connectivity index (χ0) is 14.8. The summed E-state index contributed by atoms with van der Waals surface area (Å²) in [5.41, 5.74) is 7.88. The first-order chi connectivity index (χ1) is 10.3. The molecule has 2 aromatic heterocycles. The van der Waals surface area contributed by atoms with E-state index in [-0.39, 0.29) is 12.2 Å². The van der Waals surface area contributed by atoms with E-state index in [1.54, 1.807) is 14.2 Å². The molecule has 1 aliphatic heterocycles. The number of fused-ring (bicyclic) bond motifs is 1. The Balaban J connectivity index is 1.98. The fraction of sp³-hybridized carbons (Fsp3) is 0.533. The van der Waals surface area contributed by atoms with Gasteiger partial charge in [-0.3, -0.25) is 0 Å². The number of ether oxygens (including phenoxy) is 2. The lowest BCUT2D eigenvalue weighted by Crippen LogP contribution is -2.27. The molecular formula is C15H22N4O2. The van der Waals surface area contributed by atoms with E-state index >= 15 is 0 Å². The van der Waals surface area contributed by atoms with Gasteiger partial charge in [-0.05, 0) is 18.7 Å². The maximum absolute atomic E-state index is 5.78. The van der Waals surface area contributed by atoms with E-state index < -0.39 is 0 Å². The summed E-state index contributed by atoms with van der Waals surface area (Å²) < 4.78 is 13.1. The van der Waals surface area contributed by atoms with Crippen LogP contribution < -0.4 is 10.6 Å². The molecule has 114 valence electrons. The molecule has 0 bridgehead atoms. The second kappa shape index (κ2) is 6.01. The van der Waals surface area contributed by atoms with Crippen molar-refractivity contribution in [2.75, 3.05) is 38.8 Å². The molecule has 2 N–H and O–H groups in total. The summed E-state index contributed by atoms with van der Waals surface area (Å²) in [7, 11) is 3.45. The van der Waals surface area contributed by atoms with Crippen LogP contribution in [0, 0.1) is 0 Å². The summed E-state index contributed by atoms with van der Waals surface area (Å²) >= 11 is 0. The predicted octanol–water partition coefficient (Wildman–Crippen LogP) is 0.685. The van der Waals surface area contributed by atoms with Gasteiger partial charge in [-0.15, -0.1) is 0 Å². The number of pyridine rings is 1. The molecule has 6 nitrogen and oxygen atoms in total. The maximum atomic E-state index is 5.78. The number of hydrogen-bond acceptors (Lipinski definition) is 5. The standard InChI is InChI=1S/C15H22N4O2/c1-20-12-9-18(10-13(12)21-2)15-11(6-7-16)19-8-4-3-5-14(19)17-15/h3-5,8,12-13H,6-7,9-10,16H2,1-2H3. The first-order valence-electron chi connectivity index (χ1n) is 7.25. The number of methoxy groups -OCH3 is 2. The quantitative estimate of drug-likeness (QED) is 0.877. The number of nitrogens with two attached hydrogens (primary N) is 1. The third kappa shape index (κ3) is 2.50. The first kappa shape index (κ1) is 14.3. The van der Waals surface area contributed by atoms with Crippen LogP contribution in [0.4, 0.5) is 5.82 Å². The zero-order valence-electron chi connectivity index (χ0n) is 12.5. The van der Waals surface area contributed by atoms with E-state index in [1.807, 2.05) is 24.4 Å². The largest absolute Gasteiger partial charge is 0.377 e. The summed E-state index contributed by atoms with van der Waals surface area (Å²) in [6.07, 6.45) is 2.98. The molecule has 21 heavy (non-hydrogen) atoms. The van der Waals surface area contributed by atoms with Crippen molar-refractivity contribution in [1.82, 2.24) is 9.38 Å². The van der Waals surface area contributed by atoms with E-state index in [1.165, 1.54) is 0 Å². The molecular weight excluding hydrogens is 268 g/mol. The Morgan fingerprint density at radius 3 is 2.57 bits per heavy atom. The monoisotopic (exact) mass is 290 g/mol. The number of imidazole rings is 1. The molecule has 0 aromatic carbocycles. The van der Waals surface area contributed by atoms with Gasteiger partial charge in [-0.2, -0.15) is 0 Å². The molecule has 2 aromatic rings. The van der Waals surface area contributed by atoms with E-state index in [2.05, 4.69) is 9.30 Å². The summed E-state index contributed by atoms with van der Waals surface area (Å²) in [6, 6.07) is 6.03. The zero-order valence-corrected chi connectivity index (χ0v) is 12.5. The van der Waals surface area contributed by atoms with Gasteiger partial charge in [-0.1, -0.05) is 6.07 Å². The molecule has 1 fully saturated rings. The third-order valence-electron chi connectivity index (χ3n) is 4.11. The van der Waals surface area contributed by atoms with Gasteiger partial charge in [0.05, 0.1) is 5.69 Å². The molecule has 0 aliphatic carbocycles. The minimum Gasteiger partial charge on any atom is -0.377 e. The Morgan fingerprint density at radius 2 is 1.95 bits per heavy atom. The number of nitrogens with zero attached hydrogens (tertiary/aromatic N) is 3. The lowest BCUT2D eigenvalue weighted by Gasteiger charge is -2.17. The van der Waals surface area contributed by atoms with Crippen molar-refractivity contribution in [3.8, 4) is 0 Å². The number of aromatic nitrogens is 2. The van der Waals surface area contributed by atoms with Crippen molar-refractivity contribution >= 4 is 11.5 Å². The summed E-state index contributed by atoms with van der Waals surface area (Å²) in [5, 5.41) is 0. The van der Waals surface area contributed by atoms with Crippen molar-refractivity contribution in [3.05, 3.63) is 30.1 Å². The van der Waals surface area contributed by atoms with E-state index in [4.69, 9.17) is 20.2 Å². The molecule has 0 spiro atoms. The van der Waals surface area contributed by atoms with Crippen molar-refractivity contribution in [3.63, 3.8) is 0 Å². The Morgan fingerprint density at radius 1 is 1.24 bits per heavy atom. The number of anilines is 1. The fourth-order valence-corrected chi connectivity index (χ4v) is 3.03. The fourth-order valence-electron chi connectivity index (χ4n) is 3.03. The molecule has 2 unspecified atom stereocenters. The number of rotatable bonds is 5. The van der Waals surface area contributed by atoms with Gasteiger partial charge in [0.1, 0.15) is 17.9 Å². The second-order valence-electron chi connectivity index (χ2n) is 5.30. The highest BCUT2D eigenvalue weighted by molar-refractivity contribution is 5.57. The Kier molecular flexibility index (Phi) is 4.10. The van der Waals surface area contributed by atoms with E-state index in [0.717, 1.165) is 36.7 Å². The minimum absolute atomic E-state index is 0.0746. The van der Waals surface area contributed by atoms with Gasteiger partial charge in [0, 0.05) is 39.9 Å². The molecule has 0 radical (unpaired) electrons. The Labute approximate surface area is 124 Å². The van der Waals surface area contributed by atoms with Gasteiger partial charge in [-0.25, -0.2) is 4.98 Å². The summed E-state index contributed by atoms with van der Waals surface area (Å²) in [5.74, 6) is 0.994. The van der Waals surface area contributed by atoms with Crippen LogP contribution in [0.2, 0.25) is 0 Å². The molecule has 0 saturated carbocycles. The van der Waals surface area contributed by atoms with Gasteiger partial charge < -0.3 is 24.5 Å². The average Bonchev–Trinajstić information content (AvgIpc) is 3.09. The Bertz CT molecular complexity index is 601. The minimum atomic E-state index is 0.0746. The van der Waals surface area contributed by atoms with E-state index in [9.17, 15) is 0 Å². The summed E-state index contributed by atoms with van der Waals surface area (Å²) in [6.45, 7) is 2.18. The summed E-state index contributed by atoms with van der Waals surface area (Å²) in [4.78, 5) is 7.01. The van der Waals surface area contributed by atoms with Gasteiger partial charge in [0.2, 0.25) is 0 Å². The van der Waals surface area contributed by atoms with Crippen LogP contribution in [0.5, 0.6) is 0 Å². The van der Waals surface area contributed by atoms with Crippen LogP contribution in [-0.4, -0.2) is 55.4 Å². The topological polar surface area (TPSA) is 65.0 Å². The number of hydrogen-bond donors (Lipinski definition) is 1. The second-order valence-corrected chi connectivity index (χ2v) is 5.30.